The van der Waals surface area contributed by atoms with E-state index < -0.39 is 0 Å². The molecule has 0 saturated heterocycles. The predicted octanol–water partition coefficient (Wildman–Crippen LogP) is 4.92. The highest BCUT2D eigenvalue weighted by Gasteiger charge is 2.22. The molecule has 0 amide bonds. The Labute approximate surface area is 143 Å². The quantitative estimate of drug-likeness (QED) is 0.821. The third-order valence-electron chi connectivity index (χ3n) is 4.15. The molecule has 3 rings (SSSR count). The molecule has 0 heterocycles. The van der Waals surface area contributed by atoms with Crippen LogP contribution in [0.2, 0.25) is 0 Å². The van der Waals surface area contributed by atoms with Gasteiger partial charge in [-0.25, -0.2) is 0 Å². The molecule has 0 saturated carbocycles. The highest BCUT2D eigenvalue weighted by atomic mass is 16.5. The lowest BCUT2D eigenvalue weighted by molar-refractivity contribution is -0.115. The number of anilines is 1. The Morgan fingerprint density at radius 3 is 2.50 bits per heavy atom. The lowest BCUT2D eigenvalue weighted by Gasteiger charge is -2.23. The van der Waals surface area contributed by atoms with Crippen LogP contribution in [0.5, 0.6) is 5.75 Å². The van der Waals surface area contributed by atoms with Gasteiger partial charge < -0.3 is 10.1 Å². The first-order valence-electron chi connectivity index (χ1n) is 8.53. The summed E-state index contributed by atoms with van der Waals surface area (Å²) in [6, 6.07) is 18.1. The summed E-state index contributed by atoms with van der Waals surface area (Å²) in [7, 11) is 0. The molecule has 1 N–H and O–H groups in total. The number of carbonyl (C=O) groups is 1. The molecule has 0 bridgehead atoms. The van der Waals surface area contributed by atoms with Gasteiger partial charge in [-0.05, 0) is 48.6 Å². The zero-order valence-electron chi connectivity index (χ0n) is 14.0. The fourth-order valence-electron chi connectivity index (χ4n) is 2.98. The van der Waals surface area contributed by atoms with Gasteiger partial charge in [0.2, 0.25) is 0 Å². The Morgan fingerprint density at radius 1 is 1.04 bits per heavy atom. The van der Waals surface area contributed by atoms with Gasteiger partial charge in [0.15, 0.2) is 5.78 Å². The standard InChI is InChI=1S/C21H23NO2/c1-2-12-24-21-10-8-18(9-11-21)22-19-13-17(14-20(23)15-19)16-6-4-3-5-7-16/h3-11,15,17,22H,2,12-14H2,1H3/t17-/m0/s1. The van der Waals surface area contributed by atoms with Crippen LogP contribution in [-0.2, 0) is 4.79 Å². The van der Waals surface area contributed by atoms with E-state index in [9.17, 15) is 4.79 Å². The molecule has 24 heavy (non-hydrogen) atoms. The van der Waals surface area contributed by atoms with Gasteiger partial charge in [-0.3, -0.25) is 4.79 Å². The fourth-order valence-corrected chi connectivity index (χ4v) is 2.98. The van der Waals surface area contributed by atoms with Crippen molar-refractivity contribution in [2.75, 3.05) is 11.9 Å². The zero-order valence-corrected chi connectivity index (χ0v) is 14.0. The van der Waals surface area contributed by atoms with Crippen molar-refractivity contribution in [3.05, 3.63) is 71.9 Å². The number of carbonyl (C=O) groups excluding carboxylic acids is 1. The normalized spacial score (nSPS) is 17.3. The summed E-state index contributed by atoms with van der Waals surface area (Å²) in [6.07, 6.45) is 4.17. The summed E-state index contributed by atoms with van der Waals surface area (Å²) < 4.78 is 5.60. The average molecular weight is 321 g/mol. The van der Waals surface area contributed by atoms with E-state index in [4.69, 9.17) is 4.74 Å². The highest BCUT2D eigenvalue weighted by Crippen LogP contribution is 2.32. The molecule has 1 atom stereocenters. The van der Waals surface area contributed by atoms with Gasteiger partial charge in [0.1, 0.15) is 5.75 Å². The highest BCUT2D eigenvalue weighted by molar-refractivity contribution is 5.92. The summed E-state index contributed by atoms with van der Waals surface area (Å²) in [5, 5.41) is 3.38. The minimum absolute atomic E-state index is 0.181. The van der Waals surface area contributed by atoms with Crippen molar-refractivity contribution in [2.24, 2.45) is 0 Å². The Bertz CT molecular complexity index is 704. The molecule has 1 aliphatic rings. The maximum absolute atomic E-state index is 12.1. The fraction of sp³-hybridized carbons (Fsp3) is 0.286. The van der Waals surface area contributed by atoms with Crippen LogP contribution >= 0.6 is 0 Å². The van der Waals surface area contributed by atoms with E-state index in [-0.39, 0.29) is 11.7 Å². The van der Waals surface area contributed by atoms with Crippen LogP contribution in [0, 0.1) is 0 Å². The molecular weight excluding hydrogens is 298 g/mol. The predicted molar refractivity (Wildman–Crippen MR) is 97.4 cm³/mol. The number of rotatable bonds is 6. The minimum Gasteiger partial charge on any atom is -0.494 e. The zero-order chi connectivity index (χ0) is 16.8. The second-order valence-electron chi connectivity index (χ2n) is 6.15. The van der Waals surface area contributed by atoms with Crippen LogP contribution in [-0.4, -0.2) is 12.4 Å². The molecule has 3 heteroatoms. The molecule has 3 nitrogen and oxygen atoms in total. The van der Waals surface area contributed by atoms with Crippen LogP contribution in [0.25, 0.3) is 0 Å². The van der Waals surface area contributed by atoms with Crippen LogP contribution in [0.4, 0.5) is 5.69 Å². The number of benzene rings is 2. The number of ketones is 1. The lowest BCUT2D eigenvalue weighted by atomic mass is 9.85. The average Bonchev–Trinajstić information content (AvgIpc) is 2.61. The Balaban J connectivity index is 1.67. The second-order valence-corrected chi connectivity index (χ2v) is 6.15. The first-order valence-corrected chi connectivity index (χ1v) is 8.53. The van der Waals surface area contributed by atoms with Crippen molar-refractivity contribution in [1.82, 2.24) is 0 Å². The van der Waals surface area contributed by atoms with Gasteiger partial charge in [0.25, 0.3) is 0 Å². The SMILES string of the molecule is CCCOc1ccc(NC2=CC(=O)C[C@@H](c3ccccc3)C2)cc1. The van der Waals surface area contributed by atoms with Crippen molar-refractivity contribution < 1.29 is 9.53 Å². The molecule has 1 aliphatic carbocycles. The summed E-state index contributed by atoms with van der Waals surface area (Å²) in [4.78, 5) is 12.1. The molecule has 124 valence electrons. The number of nitrogens with one attached hydrogen (secondary N) is 1. The molecule has 0 fully saturated rings. The van der Waals surface area contributed by atoms with Gasteiger partial charge in [-0.1, -0.05) is 37.3 Å². The lowest BCUT2D eigenvalue weighted by Crippen LogP contribution is -2.16. The molecule has 0 aromatic heterocycles. The van der Waals surface area contributed by atoms with E-state index in [1.54, 1.807) is 6.08 Å². The number of allylic oxidation sites excluding steroid dienone is 2. The minimum atomic E-state index is 0.181. The molecule has 2 aromatic rings. The number of hydrogen-bond acceptors (Lipinski definition) is 3. The van der Waals surface area contributed by atoms with Crippen molar-refractivity contribution in [3.63, 3.8) is 0 Å². The topological polar surface area (TPSA) is 38.3 Å². The van der Waals surface area contributed by atoms with E-state index in [1.165, 1.54) is 5.56 Å². The van der Waals surface area contributed by atoms with Gasteiger partial charge in [-0.2, -0.15) is 0 Å². The first-order chi connectivity index (χ1) is 11.7. The van der Waals surface area contributed by atoms with Crippen LogP contribution < -0.4 is 10.1 Å². The maximum Gasteiger partial charge on any atom is 0.158 e. The van der Waals surface area contributed by atoms with E-state index in [1.807, 2.05) is 42.5 Å². The second kappa shape index (κ2) is 7.82. The Kier molecular flexibility index (Phi) is 5.32. The Morgan fingerprint density at radius 2 is 1.79 bits per heavy atom. The summed E-state index contributed by atoms with van der Waals surface area (Å²) in [6.45, 7) is 2.82. The molecule has 0 radical (unpaired) electrons. The largest absolute Gasteiger partial charge is 0.494 e. The van der Waals surface area contributed by atoms with E-state index in [0.717, 1.165) is 36.6 Å². The molecule has 2 aromatic carbocycles. The molecular formula is C21H23NO2. The summed E-state index contributed by atoms with van der Waals surface area (Å²) in [5.41, 5.74) is 3.18. The molecule has 0 unspecified atom stereocenters. The van der Waals surface area contributed by atoms with E-state index >= 15 is 0 Å². The number of ether oxygens (including phenoxy) is 1. The van der Waals surface area contributed by atoms with Gasteiger partial charge in [-0.15, -0.1) is 0 Å². The summed E-state index contributed by atoms with van der Waals surface area (Å²) in [5.74, 6) is 1.30. The molecule has 0 aliphatic heterocycles. The van der Waals surface area contributed by atoms with Crippen molar-refractivity contribution in [3.8, 4) is 5.75 Å². The van der Waals surface area contributed by atoms with Gasteiger partial charge in [0.05, 0.1) is 6.61 Å². The Hall–Kier alpha value is -2.55. The van der Waals surface area contributed by atoms with Crippen molar-refractivity contribution in [1.29, 1.82) is 0 Å². The third-order valence-corrected chi connectivity index (χ3v) is 4.15. The monoisotopic (exact) mass is 321 g/mol. The summed E-state index contributed by atoms with van der Waals surface area (Å²) >= 11 is 0. The number of hydrogen-bond donors (Lipinski definition) is 1. The van der Waals surface area contributed by atoms with Crippen molar-refractivity contribution in [2.45, 2.75) is 32.1 Å². The van der Waals surface area contributed by atoms with Crippen LogP contribution in [0.3, 0.4) is 0 Å². The van der Waals surface area contributed by atoms with Crippen LogP contribution in [0.1, 0.15) is 37.7 Å². The van der Waals surface area contributed by atoms with Crippen LogP contribution in [0.15, 0.2) is 66.4 Å². The smallest absolute Gasteiger partial charge is 0.158 e. The van der Waals surface area contributed by atoms with E-state index in [0.29, 0.717) is 6.42 Å². The van der Waals surface area contributed by atoms with Gasteiger partial charge in [0, 0.05) is 23.9 Å². The molecule has 0 spiro atoms. The maximum atomic E-state index is 12.1. The third kappa shape index (κ3) is 4.25. The first kappa shape index (κ1) is 16.3. The van der Waals surface area contributed by atoms with E-state index in [2.05, 4.69) is 24.4 Å². The van der Waals surface area contributed by atoms with Crippen molar-refractivity contribution >= 4 is 11.5 Å². The van der Waals surface area contributed by atoms with Gasteiger partial charge >= 0.3 is 0 Å².